The van der Waals surface area contributed by atoms with Crippen LogP contribution in [0.15, 0.2) is 11.5 Å². The van der Waals surface area contributed by atoms with E-state index in [-0.39, 0.29) is 5.92 Å². The maximum absolute atomic E-state index is 10.9. The van der Waals surface area contributed by atoms with E-state index in [1.54, 1.807) is 13.0 Å². The first-order valence-electron chi connectivity index (χ1n) is 2.96. The van der Waals surface area contributed by atoms with Gasteiger partial charge in [0.2, 0.25) is 0 Å². The van der Waals surface area contributed by atoms with Gasteiger partial charge in [0.1, 0.15) is 0 Å². The van der Waals surface area contributed by atoms with E-state index in [0.29, 0.717) is 0 Å². The van der Waals surface area contributed by atoms with Crippen molar-refractivity contribution in [2.24, 2.45) is 5.92 Å². The summed E-state index contributed by atoms with van der Waals surface area (Å²) < 4.78 is 21.9. The van der Waals surface area contributed by atoms with Crippen molar-refractivity contribution in [3.8, 4) is 12.3 Å². The van der Waals surface area contributed by atoms with Gasteiger partial charge in [0.25, 0.3) is 0 Å². The molecule has 0 aromatic heterocycles. The van der Waals surface area contributed by atoms with Gasteiger partial charge < -0.3 is 0 Å². The highest BCUT2D eigenvalue weighted by molar-refractivity contribution is 7.95. The lowest BCUT2D eigenvalue weighted by Crippen LogP contribution is -2.16. The summed E-state index contributed by atoms with van der Waals surface area (Å²) in [5, 5.41) is 0.764. The predicted molar refractivity (Wildman–Crippen MR) is 39.8 cm³/mol. The molecule has 1 aliphatic rings. The van der Waals surface area contributed by atoms with Crippen LogP contribution in [0.4, 0.5) is 0 Å². The van der Waals surface area contributed by atoms with Crippen molar-refractivity contribution >= 4 is 9.84 Å². The zero-order chi connectivity index (χ0) is 7.78. The van der Waals surface area contributed by atoms with E-state index < -0.39 is 15.1 Å². The monoisotopic (exact) mass is 156 g/mol. The maximum Gasteiger partial charge on any atom is 0.175 e. The average Bonchev–Trinajstić information content (AvgIpc) is 2.10. The maximum atomic E-state index is 10.9. The molecular weight excluding hydrogens is 148 g/mol. The van der Waals surface area contributed by atoms with Crippen molar-refractivity contribution in [2.45, 2.75) is 12.2 Å². The lowest BCUT2D eigenvalue weighted by molar-refractivity contribution is 0.590. The zero-order valence-electron chi connectivity index (χ0n) is 5.61. The van der Waals surface area contributed by atoms with Gasteiger partial charge >= 0.3 is 0 Å². The van der Waals surface area contributed by atoms with Gasteiger partial charge in [0, 0.05) is 5.41 Å². The molecule has 0 spiro atoms. The van der Waals surface area contributed by atoms with Gasteiger partial charge in [-0.15, -0.1) is 6.42 Å². The molecule has 2 atom stereocenters. The van der Waals surface area contributed by atoms with E-state index in [1.165, 1.54) is 5.41 Å². The molecule has 0 amide bonds. The lowest BCUT2D eigenvalue weighted by atomic mass is 10.1. The highest BCUT2D eigenvalue weighted by Crippen LogP contribution is 2.22. The van der Waals surface area contributed by atoms with Crippen molar-refractivity contribution in [2.75, 3.05) is 0 Å². The number of hydrogen-bond donors (Lipinski definition) is 0. The van der Waals surface area contributed by atoms with E-state index in [1.807, 2.05) is 0 Å². The van der Waals surface area contributed by atoms with Crippen molar-refractivity contribution < 1.29 is 8.42 Å². The summed E-state index contributed by atoms with van der Waals surface area (Å²) >= 11 is 0. The molecule has 0 N–H and O–H groups in total. The minimum Gasteiger partial charge on any atom is -0.224 e. The van der Waals surface area contributed by atoms with Gasteiger partial charge in [-0.1, -0.05) is 12.0 Å². The van der Waals surface area contributed by atoms with Crippen molar-refractivity contribution in [1.82, 2.24) is 0 Å². The van der Waals surface area contributed by atoms with E-state index in [9.17, 15) is 8.42 Å². The quantitative estimate of drug-likeness (QED) is 0.480. The van der Waals surface area contributed by atoms with Crippen LogP contribution in [-0.4, -0.2) is 13.7 Å². The number of hydrogen-bond acceptors (Lipinski definition) is 2. The fraction of sp³-hybridized carbons (Fsp3) is 0.429. The van der Waals surface area contributed by atoms with Gasteiger partial charge in [-0.05, 0) is 6.92 Å². The molecule has 0 aromatic carbocycles. The van der Waals surface area contributed by atoms with Crippen LogP contribution in [0.1, 0.15) is 6.92 Å². The third-order valence-electron chi connectivity index (χ3n) is 1.69. The number of allylic oxidation sites excluding steroid dienone is 1. The Labute approximate surface area is 60.9 Å². The summed E-state index contributed by atoms with van der Waals surface area (Å²) in [4.78, 5) is 0. The molecule has 0 radical (unpaired) electrons. The van der Waals surface area contributed by atoms with Gasteiger partial charge in [0.05, 0.1) is 11.2 Å². The van der Waals surface area contributed by atoms with Crippen LogP contribution < -0.4 is 0 Å². The Morgan fingerprint density at radius 2 is 2.20 bits per heavy atom. The molecule has 0 aliphatic carbocycles. The Hall–Kier alpha value is -0.750. The van der Waals surface area contributed by atoms with Crippen LogP contribution in [0.3, 0.4) is 0 Å². The normalized spacial score (nSPS) is 35.6. The highest BCUT2D eigenvalue weighted by atomic mass is 32.2. The fourth-order valence-electron chi connectivity index (χ4n) is 0.870. The standard InChI is InChI=1S/C7H8O2S/c1-3-7-4-5-10(8,9)6(7)2/h1,4-7H,2H3. The van der Waals surface area contributed by atoms with Crippen LogP contribution in [-0.2, 0) is 9.84 Å². The van der Waals surface area contributed by atoms with Crippen molar-refractivity contribution in [3.63, 3.8) is 0 Å². The van der Waals surface area contributed by atoms with Gasteiger partial charge in [-0.2, -0.15) is 0 Å². The minimum absolute atomic E-state index is 0.231. The van der Waals surface area contributed by atoms with Gasteiger partial charge in [0.15, 0.2) is 9.84 Å². The molecule has 2 nitrogen and oxygen atoms in total. The van der Waals surface area contributed by atoms with E-state index in [4.69, 9.17) is 6.42 Å². The second-order valence-electron chi connectivity index (χ2n) is 2.32. The van der Waals surface area contributed by atoms with Gasteiger partial charge in [-0.3, -0.25) is 0 Å². The molecule has 0 bridgehead atoms. The van der Waals surface area contributed by atoms with E-state index in [0.717, 1.165) is 0 Å². The first-order valence-corrected chi connectivity index (χ1v) is 4.57. The molecule has 0 saturated heterocycles. The molecule has 3 heteroatoms. The Kier molecular flexibility index (Phi) is 1.57. The Bertz CT molecular complexity index is 292. The summed E-state index contributed by atoms with van der Waals surface area (Å²) in [6.07, 6.45) is 6.64. The van der Waals surface area contributed by atoms with Crippen LogP contribution in [0.25, 0.3) is 0 Å². The second kappa shape index (κ2) is 2.14. The topological polar surface area (TPSA) is 34.1 Å². The summed E-state index contributed by atoms with van der Waals surface area (Å²) in [6, 6.07) is 0. The first-order chi connectivity index (χ1) is 4.58. The summed E-state index contributed by atoms with van der Waals surface area (Å²) in [7, 11) is -3.01. The molecule has 10 heavy (non-hydrogen) atoms. The fourth-order valence-corrected chi connectivity index (χ4v) is 2.08. The largest absolute Gasteiger partial charge is 0.224 e. The van der Waals surface area contributed by atoms with Crippen molar-refractivity contribution in [1.29, 1.82) is 0 Å². The smallest absolute Gasteiger partial charge is 0.175 e. The molecule has 0 fully saturated rings. The Morgan fingerprint density at radius 1 is 1.60 bits per heavy atom. The van der Waals surface area contributed by atoms with Crippen LogP contribution in [0, 0.1) is 18.3 Å². The third kappa shape index (κ3) is 0.952. The molecule has 1 rings (SSSR count). The van der Waals surface area contributed by atoms with Gasteiger partial charge in [-0.25, -0.2) is 8.42 Å². The molecule has 0 aromatic rings. The van der Waals surface area contributed by atoms with E-state index >= 15 is 0 Å². The van der Waals surface area contributed by atoms with Crippen LogP contribution in [0.5, 0.6) is 0 Å². The summed E-state index contributed by atoms with van der Waals surface area (Å²) in [6.45, 7) is 1.62. The molecule has 0 saturated carbocycles. The molecule has 54 valence electrons. The van der Waals surface area contributed by atoms with Crippen LogP contribution in [0.2, 0.25) is 0 Å². The SMILES string of the molecule is C#CC1C=CS(=O)(=O)C1C. The first kappa shape index (κ1) is 7.36. The molecular formula is C7H8O2S. The predicted octanol–water partition coefficient (Wildman–Crippen LogP) is 0.566. The molecule has 1 heterocycles. The molecule has 1 aliphatic heterocycles. The molecule has 2 unspecified atom stereocenters. The second-order valence-corrected chi connectivity index (χ2v) is 4.51. The average molecular weight is 156 g/mol. The van der Waals surface area contributed by atoms with Crippen molar-refractivity contribution in [3.05, 3.63) is 11.5 Å². The Balaban J connectivity index is 3.02. The minimum atomic E-state index is -3.01. The highest BCUT2D eigenvalue weighted by Gasteiger charge is 2.29. The number of sulfone groups is 1. The lowest BCUT2D eigenvalue weighted by Gasteiger charge is -2.04. The zero-order valence-corrected chi connectivity index (χ0v) is 6.43. The number of terminal acetylenes is 1. The van der Waals surface area contributed by atoms with Crippen LogP contribution >= 0.6 is 0 Å². The van der Waals surface area contributed by atoms with E-state index in [2.05, 4.69) is 5.92 Å². The Morgan fingerprint density at radius 3 is 2.40 bits per heavy atom. The summed E-state index contributed by atoms with van der Waals surface area (Å²) in [5.41, 5.74) is 0. The summed E-state index contributed by atoms with van der Waals surface area (Å²) in [5.74, 6) is 2.17. The number of rotatable bonds is 0. The third-order valence-corrected chi connectivity index (χ3v) is 3.56.